The second-order valence-corrected chi connectivity index (χ2v) is 2.06. The third-order valence-corrected chi connectivity index (χ3v) is 1.46. The predicted octanol–water partition coefficient (Wildman–Crippen LogP) is 2.17. The van der Waals surface area contributed by atoms with Gasteiger partial charge < -0.3 is 4.98 Å². The van der Waals surface area contributed by atoms with E-state index in [9.17, 15) is 0 Å². The molecule has 0 bridgehead atoms. The van der Waals surface area contributed by atoms with E-state index in [1.54, 1.807) is 0 Å². The fourth-order valence-corrected chi connectivity index (χ4v) is 0.995. The number of benzene rings is 1. The number of H-pyrrole nitrogens is 1. The third kappa shape index (κ3) is 1.12. The Morgan fingerprint density at radius 3 is 2.60 bits per heavy atom. The van der Waals surface area contributed by atoms with Crippen LogP contribution in [-0.2, 0) is 19.5 Å². The van der Waals surface area contributed by atoms with Gasteiger partial charge in [0.15, 0.2) is 0 Å². The van der Waals surface area contributed by atoms with E-state index in [2.05, 4.69) is 23.2 Å². The van der Waals surface area contributed by atoms with Crippen LogP contribution in [0.3, 0.4) is 0 Å². The number of aromatic amines is 1. The molecule has 0 saturated carbocycles. The number of rotatable bonds is 0. The van der Waals surface area contributed by atoms with Crippen LogP contribution in [0.15, 0.2) is 36.5 Å². The first-order valence-corrected chi connectivity index (χ1v) is 2.99. The number of fused-ring (bicyclic) bond motifs is 1. The van der Waals surface area contributed by atoms with Gasteiger partial charge in [-0.25, -0.2) is 0 Å². The predicted molar refractivity (Wildman–Crippen MR) is 38.3 cm³/mol. The fourth-order valence-electron chi connectivity index (χ4n) is 0.995. The minimum atomic E-state index is 0. The largest absolute Gasteiger partial charge is 0.361 e. The van der Waals surface area contributed by atoms with Crippen molar-refractivity contribution < 1.29 is 19.5 Å². The molecule has 0 amide bonds. The van der Waals surface area contributed by atoms with Crippen molar-refractivity contribution in [3.05, 3.63) is 36.5 Å². The van der Waals surface area contributed by atoms with Crippen molar-refractivity contribution >= 4 is 10.9 Å². The van der Waals surface area contributed by atoms with E-state index in [0.717, 1.165) is 0 Å². The van der Waals surface area contributed by atoms with Gasteiger partial charge in [-0.05, 0) is 17.5 Å². The smallest absolute Gasteiger partial charge is 0.0453 e. The van der Waals surface area contributed by atoms with Gasteiger partial charge in [-0.15, -0.1) is 0 Å². The molecule has 1 nitrogen and oxygen atoms in total. The number of para-hydroxylation sites is 1. The Bertz CT molecular complexity index is 283. The van der Waals surface area contributed by atoms with Crippen molar-refractivity contribution in [3.8, 4) is 0 Å². The van der Waals surface area contributed by atoms with Crippen molar-refractivity contribution in [2.75, 3.05) is 0 Å². The molecule has 1 aromatic carbocycles. The molecule has 46 valence electrons. The summed E-state index contributed by atoms with van der Waals surface area (Å²) in [6.07, 6.45) is 1.95. The number of aromatic nitrogens is 1. The van der Waals surface area contributed by atoms with E-state index in [4.69, 9.17) is 0 Å². The molecule has 0 atom stereocenters. The molecule has 1 aromatic heterocycles. The molecule has 0 spiro atoms. The average molecular weight is 183 g/mol. The van der Waals surface area contributed by atoms with Gasteiger partial charge >= 0.3 is 0 Å². The summed E-state index contributed by atoms with van der Waals surface area (Å²) in [6.45, 7) is 0. The summed E-state index contributed by atoms with van der Waals surface area (Å²) in [5.41, 5.74) is 1.21. The molecule has 0 saturated heterocycles. The molecule has 2 rings (SSSR count). The molecule has 0 aliphatic carbocycles. The van der Waals surface area contributed by atoms with E-state index in [1.165, 1.54) is 10.9 Å². The Balaban J connectivity index is 0.000000500. The van der Waals surface area contributed by atoms with E-state index in [-0.39, 0.29) is 19.5 Å². The zero-order valence-corrected chi connectivity index (χ0v) is 8.64. The summed E-state index contributed by atoms with van der Waals surface area (Å²) in [5, 5.41) is 1.28. The van der Waals surface area contributed by atoms with Crippen molar-refractivity contribution in [3.63, 3.8) is 0 Å². The van der Waals surface area contributed by atoms with Gasteiger partial charge in [0.25, 0.3) is 0 Å². The van der Waals surface area contributed by atoms with Crippen LogP contribution in [0.1, 0.15) is 0 Å². The molecule has 2 aromatic rings. The molecule has 0 unspecified atom stereocenters. The van der Waals surface area contributed by atoms with Gasteiger partial charge in [0.05, 0.1) is 0 Å². The van der Waals surface area contributed by atoms with Crippen LogP contribution in [0, 0.1) is 0 Å². The van der Waals surface area contributed by atoms with Crippen LogP contribution in [0.25, 0.3) is 10.9 Å². The van der Waals surface area contributed by atoms with Crippen LogP contribution in [0.2, 0.25) is 0 Å². The van der Waals surface area contributed by atoms with E-state index < -0.39 is 0 Å². The van der Waals surface area contributed by atoms with Gasteiger partial charge in [0.1, 0.15) is 0 Å². The molecule has 10 heavy (non-hydrogen) atoms. The summed E-state index contributed by atoms with van der Waals surface area (Å²) >= 11 is 0. The van der Waals surface area contributed by atoms with Crippen LogP contribution >= 0.6 is 0 Å². The molecule has 0 aliphatic rings. The first-order chi connectivity index (χ1) is 4.47. The summed E-state index contributed by atoms with van der Waals surface area (Å²) in [7, 11) is 0. The Morgan fingerprint density at radius 1 is 1.00 bits per heavy atom. The number of hydrogen-bond acceptors (Lipinski definition) is 0. The van der Waals surface area contributed by atoms with E-state index in [0.29, 0.717) is 0 Å². The molecular weight excluding hydrogens is 175 g/mol. The van der Waals surface area contributed by atoms with E-state index in [1.807, 2.05) is 18.3 Å². The maximum absolute atomic E-state index is 3.12. The topological polar surface area (TPSA) is 15.8 Å². The molecule has 0 aliphatic heterocycles. The van der Waals surface area contributed by atoms with Gasteiger partial charge in [0, 0.05) is 31.2 Å². The van der Waals surface area contributed by atoms with Gasteiger partial charge in [-0.3, -0.25) is 0 Å². The standard InChI is InChI=1S/C8H7N.Zn/c1-2-4-8-7(3-1)5-6-9-8;/h1-6,9H;. The normalized spacial score (nSPS) is 9.20. The minimum absolute atomic E-state index is 0. The fraction of sp³-hybridized carbons (Fsp3) is 0. The maximum Gasteiger partial charge on any atom is 0.0453 e. The van der Waals surface area contributed by atoms with Crippen LogP contribution in [-0.4, -0.2) is 4.98 Å². The van der Waals surface area contributed by atoms with Crippen molar-refractivity contribution in [1.29, 1.82) is 0 Å². The van der Waals surface area contributed by atoms with E-state index >= 15 is 0 Å². The molecular formula is C8H7NZn. The zero-order valence-electron chi connectivity index (χ0n) is 5.67. The summed E-state index contributed by atoms with van der Waals surface area (Å²) in [4.78, 5) is 3.12. The Labute approximate surface area is 72.2 Å². The maximum atomic E-state index is 3.12. The van der Waals surface area contributed by atoms with Crippen molar-refractivity contribution in [2.24, 2.45) is 0 Å². The summed E-state index contributed by atoms with van der Waals surface area (Å²) in [6, 6.07) is 10.3. The SMILES string of the molecule is [Zn].c1ccc2[nH]ccc2c1. The van der Waals surface area contributed by atoms with Crippen molar-refractivity contribution in [1.82, 2.24) is 4.98 Å². The number of nitrogens with one attached hydrogen (secondary N) is 1. The second kappa shape index (κ2) is 2.98. The third-order valence-electron chi connectivity index (χ3n) is 1.46. The van der Waals surface area contributed by atoms with Crippen LogP contribution < -0.4 is 0 Å². The van der Waals surface area contributed by atoms with Crippen LogP contribution in [0.5, 0.6) is 0 Å². The molecule has 0 fully saturated rings. The minimum Gasteiger partial charge on any atom is -0.361 e. The second-order valence-electron chi connectivity index (χ2n) is 2.06. The van der Waals surface area contributed by atoms with Gasteiger partial charge in [-0.2, -0.15) is 0 Å². The van der Waals surface area contributed by atoms with Gasteiger partial charge in [0.2, 0.25) is 0 Å². The quantitative estimate of drug-likeness (QED) is 0.601. The van der Waals surface area contributed by atoms with Crippen LogP contribution in [0.4, 0.5) is 0 Å². The Morgan fingerprint density at radius 2 is 1.80 bits per heavy atom. The monoisotopic (exact) mass is 181 g/mol. The van der Waals surface area contributed by atoms with Gasteiger partial charge in [-0.1, -0.05) is 18.2 Å². The summed E-state index contributed by atoms with van der Waals surface area (Å²) in [5.74, 6) is 0. The first kappa shape index (κ1) is 7.49. The summed E-state index contributed by atoms with van der Waals surface area (Å²) < 4.78 is 0. The molecule has 2 heteroatoms. The van der Waals surface area contributed by atoms with Crippen molar-refractivity contribution in [2.45, 2.75) is 0 Å². The Hall–Kier alpha value is -0.617. The zero-order chi connectivity index (χ0) is 6.10. The molecule has 1 heterocycles. The average Bonchev–Trinajstić information content (AvgIpc) is 2.33. The Kier molecular flexibility index (Phi) is 2.23. The molecule has 1 N–H and O–H groups in total. The number of hydrogen-bond donors (Lipinski definition) is 1. The molecule has 0 radical (unpaired) electrons. The first-order valence-electron chi connectivity index (χ1n) is 2.99.